The molecule has 1 unspecified atom stereocenters. The number of fused-ring (bicyclic) bond motifs is 1. The molecule has 13 nitrogen and oxygen atoms in total. The molecule has 0 aromatic carbocycles. The largest absolute Gasteiger partial charge is 0.363 e. The molecule has 0 spiro atoms. The van der Waals surface area contributed by atoms with Crippen LogP contribution in [0.15, 0.2) is 0 Å². The van der Waals surface area contributed by atoms with Gasteiger partial charge in [-0.05, 0) is 66.1 Å². The van der Waals surface area contributed by atoms with E-state index in [2.05, 4.69) is 36.7 Å². The van der Waals surface area contributed by atoms with Gasteiger partial charge in [-0.1, -0.05) is 80.1 Å². The summed E-state index contributed by atoms with van der Waals surface area (Å²) in [6.07, 6.45) is 10.6. The predicted molar refractivity (Wildman–Crippen MR) is 196 cm³/mol. The summed E-state index contributed by atoms with van der Waals surface area (Å²) in [5.41, 5.74) is 4.43. The standard InChI is InChI=1S/C37H64N6O7S/c1-35(2,3)28(22-42(7)51(8,49)50)41-34(48)39-20-25(37(6)16-10-9-11-17-37)33(47)43-21-26-24(15-18-36(26,4)5)29(43)32(46)40-27(30(44)31(38)45)19-23-13-12-14-23/h23-29H,9-22H2,1-8H3,(H2,38,45)(H,40,46)(H2,39,41,48)/t24-,25+,26-,27?,28+,29-/m0/s1. The highest BCUT2D eigenvalue weighted by atomic mass is 32.2. The van der Waals surface area contributed by atoms with Crippen LogP contribution in [0.5, 0.6) is 0 Å². The maximum atomic E-state index is 15.0. The number of urea groups is 1. The Kier molecular flexibility index (Phi) is 12.6. The molecule has 14 heteroatoms. The summed E-state index contributed by atoms with van der Waals surface area (Å²) in [7, 11) is -2.00. The minimum atomic E-state index is -3.47. The van der Waals surface area contributed by atoms with Gasteiger partial charge in [0.05, 0.1) is 18.2 Å². The van der Waals surface area contributed by atoms with Gasteiger partial charge in [0.1, 0.15) is 6.04 Å². The van der Waals surface area contributed by atoms with Crippen molar-refractivity contribution in [3.63, 3.8) is 0 Å². The van der Waals surface area contributed by atoms with E-state index in [9.17, 15) is 32.4 Å². The number of sulfonamides is 1. The summed E-state index contributed by atoms with van der Waals surface area (Å²) < 4.78 is 25.5. The van der Waals surface area contributed by atoms with Crippen molar-refractivity contribution in [2.75, 3.05) is 32.9 Å². The second-order valence-corrected chi connectivity index (χ2v) is 20.2. The van der Waals surface area contributed by atoms with Gasteiger partial charge in [0.15, 0.2) is 0 Å². The fourth-order valence-corrected chi connectivity index (χ4v) is 9.40. The van der Waals surface area contributed by atoms with E-state index in [1.54, 1.807) is 4.90 Å². The van der Waals surface area contributed by atoms with Crippen molar-refractivity contribution >= 4 is 39.6 Å². The molecule has 0 bridgehead atoms. The lowest BCUT2D eigenvalue weighted by Crippen LogP contribution is -2.58. The molecular weight excluding hydrogens is 673 g/mol. The third-order valence-corrected chi connectivity index (χ3v) is 14.2. The Morgan fingerprint density at radius 1 is 0.941 bits per heavy atom. The third kappa shape index (κ3) is 9.63. The number of rotatable bonds is 14. The lowest BCUT2D eigenvalue weighted by Gasteiger charge is -2.43. The fraction of sp³-hybridized carbons (Fsp3) is 0.865. The summed E-state index contributed by atoms with van der Waals surface area (Å²) in [6, 6.07) is -2.85. The number of nitrogens with one attached hydrogen (secondary N) is 3. The molecule has 3 aliphatic carbocycles. The summed E-state index contributed by atoms with van der Waals surface area (Å²) in [6.45, 7) is 12.8. The van der Waals surface area contributed by atoms with Crippen LogP contribution in [0.2, 0.25) is 0 Å². The maximum Gasteiger partial charge on any atom is 0.315 e. The smallest absolute Gasteiger partial charge is 0.315 e. The first-order valence-corrected chi connectivity index (χ1v) is 20.8. The monoisotopic (exact) mass is 736 g/mol. The second kappa shape index (κ2) is 15.7. The second-order valence-electron chi connectivity index (χ2n) is 18.1. The van der Waals surface area contributed by atoms with Crippen molar-refractivity contribution in [1.82, 2.24) is 25.2 Å². The Morgan fingerprint density at radius 3 is 2.10 bits per heavy atom. The lowest BCUT2D eigenvalue weighted by molar-refractivity contribution is -0.147. The zero-order chi connectivity index (χ0) is 38.1. The van der Waals surface area contributed by atoms with Gasteiger partial charge in [-0.25, -0.2) is 17.5 Å². The van der Waals surface area contributed by atoms with Gasteiger partial charge in [-0.2, -0.15) is 0 Å². The lowest BCUT2D eigenvalue weighted by atomic mass is 9.66. The molecule has 290 valence electrons. The summed E-state index contributed by atoms with van der Waals surface area (Å²) in [4.78, 5) is 69.4. The number of nitrogens with zero attached hydrogens (tertiary/aromatic N) is 2. The minimum Gasteiger partial charge on any atom is -0.363 e. The molecule has 0 radical (unpaired) electrons. The van der Waals surface area contributed by atoms with Gasteiger partial charge in [0.2, 0.25) is 27.6 Å². The van der Waals surface area contributed by atoms with Crippen molar-refractivity contribution < 1.29 is 32.4 Å². The average Bonchev–Trinajstić information content (AvgIpc) is 3.53. The number of likely N-dealkylation sites (tertiary alicyclic amines) is 1. The molecule has 0 aromatic heterocycles. The van der Waals surface area contributed by atoms with Crippen LogP contribution < -0.4 is 21.7 Å². The first kappa shape index (κ1) is 41.0. The van der Waals surface area contributed by atoms with Gasteiger partial charge in [-0.3, -0.25) is 19.2 Å². The molecule has 1 aliphatic heterocycles. The van der Waals surface area contributed by atoms with Crippen LogP contribution in [0.4, 0.5) is 4.79 Å². The molecule has 6 atom stereocenters. The van der Waals surface area contributed by atoms with Crippen molar-refractivity contribution in [2.24, 2.45) is 45.7 Å². The van der Waals surface area contributed by atoms with Gasteiger partial charge >= 0.3 is 6.03 Å². The summed E-state index contributed by atoms with van der Waals surface area (Å²) in [5, 5.41) is 8.82. The zero-order valence-electron chi connectivity index (χ0n) is 32.2. The predicted octanol–water partition coefficient (Wildman–Crippen LogP) is 3.17. The van der Waals surface area contributed by atoms with Gasteiger partial charge < -0.3 is 26.6 Å². The van der Waals surface area contributed by atoms with Crippen LogP contribution in [0.25, 0.3) is 0 Å². The van der Waals surface area contributed by atoms with Gasteiger partial charge in [-0.15, -0.1) is 0 Å². The Morgan fingerprint density at radius 2 is 1.57 bits per heavy atom. The molecule has 51 heavy (non-hydrogen) atoms. The number of nitrogens with two attached hydrogens (primary N) is 1. The van der Waals surface area contributed by atoms with Crippen LogP contribution in [-0.4, -0.2) is 98.2 Å². The van der Waals surface area contributed by atoms with Gasteiger partial charge in [0.25, 0.3) is 5.91 Å². The normalized spacial score (nSPS) is 26.4. The van der Waals surface area contributed by atoms with Crippen LogP contribution >= 0.6 is 0 Å². The Bertz CT molecular complexity index is 1430. The topological polar surface area (TPSA) is 188 Å². The summed E-state index contributed by atoms with van der Waals surface area (Å²) in [5.74, 6) is -2.92. The number of ketones is 1. The molecule has 3 saturated carbocycles. The number of likely N-dealkylation sites (N-methyl/N-ethyl adjacent to an activating group) is 1. The van der Waals surface area contributed by atoms with Crippen molar-refractivity contribution in [1.29, 1.82) is 0 Å². The van der Waals surface area contributed by atoms with Crippen molar-refractivity contribution in [3.8, 4) is 0 Å². The van der Waals surface area contributed by atoms with E-state index in [0.29, 0.717) is 13.0 Å². The van der Waals surface area contributed by atoms with Crippen LogP contribution in [0.3, 0.4) is 0 Å². The zero-order valence-corrected chi connectivity index (χ0v) is 33.0. The van der Waals surface area contributed by atoms with Crippen molar-refractivity contribution in [3.05, 3.63) is 0 Å². The Balaban J connectivity index is 1.60. The number of hydrogen-bond acceptors (Lipinski definition) is 7. The van der Waals surface area contributed by atoms with Crippen LogP contribution in [0.1, 0.15) is 112 Å². The number of amides is 5. The number of hydrogen-bond donors (Lipinski definition) is 4. The quantitative estimate of drug-likeness (QED) is 0.197. The average molecular weight is 737 g/mol. The molecule has 5 N–H and O–H groups in total. The number of Topliss-reactive ketones (excluding diaryl/α,β-unsaturated/α-hetero) is 1. The number of carbonyl (C=O) groups is 5. The maximum absolute atomic E-state index is 15.0. The third-order valence-electron chi connectivity index (χ3n) is 13.0. The van der Waals surface area contributed by atoms with E-state index in [1.807, 2.05) is 20.8 Å². The van der Waals surface area contributed by atoms with E-state index in [-0.39, 0.29) is 42.2 Å². The van der Waals surface area contributed by atoms with Gasteiger partial charge in [0, 0.05) is 32.7 Å². The molecule has 4 rings (SSSR count). The Hall–Kier alpha value is -2.74. The molecule has 4 aliphatic rings. The summed E-state index contributed by atoms with van der Waals surface area (Å²) >= 11 is 0. The number of carbonyl (C=O) groups excluding carboxylic acids is 5. The van der Waals surface area contributed by atoms with E-state index in [1.165, 1.54) is 11.4 Å². The highest BCUT2D eigenvalue weighted by Crippen LogP contribution is 2.54. The Labute approximate surface area is 305 Å². The first-order chi connectivity index (χ1) is 23.5. The van der Waals surface area contributed by atoms with E-state index in [4.69, 9.17) is 5.73 Å². The highest BCUT2D eigenvalue weighted by molar-refractivity contribution is 7.88. The molecule has 1 saturated heterocycles. The molecular formula is C37H64N6O7S. The van der Waals surface area contributed by atoms with E-state index in [0.717, 1.165) is 70.5 Å². The highest BCUT2D eigenvalue weighted by Gasteiger charge is 2.57. The SMILES string of the molecule is CN(C[C@@H](NC(=O)NC[C@H](C(=O)N1C[C@H]2[C@H](CCC2(C)C)[C@H]1C(=O)NC(CC1CCC1)C(=O)C(N)=O)C1(C)CCCCC1)C(C)(C)C)S(C)(=O)=O. The van der Waals surface area contributed by atoms with Crippen molar-refractivity contribution in [2.45, 2.75) is 130 Å². The molecule has 1 heterocycles. The first-order valence-electron chi connectivity index (χ1n) is 19.0. The van der Waals surface area contributed by atoms with E-state index < -0.39 is 68.5 Å². The minimum absolute atomic E-state index is 0.0496. The molecule has 4 fully saturated rings. The van der Waals surface area contributed by atoms with Crippen LogP contribution in [-0.2, 0) is 29.2 Å². The number of primary amides is 1. The molecule has 0 aromatic rings. The molecule has 5 amide bonds. The van der Waals surface area contributed by atoms with E-state index >= 15 is 0 Å². The fourth-order valence-electron chi connectivity index (χ4n) is 8.98. The van der Waals surface area contributed by atoms with Crippen LogP contribution in [0, 0.1) is 39.9 Å².